The molecule has 0 bridgehead atoms. The first-order chi connectivity index (χ1) is 10.7. The number of nitrogens with one attached hydrogen (secondary N) is 2. The Morgan fingerprint density at radius 1 is 0.955 bits per heavy atom. The van der Waals surface area contributed by atoms with Crippen molar-refractivity contribution in [2.45, 2.75) is 20.0 Å². The monoisotopic (exact) mass is 292 g/mol. The Balaban J connectivity index is 1.84. The van der Waals surface area contributed by atoms with Gasteiger partial charge < -0.3 is 10.6 Å². The van der Waals surface area contributed by atoms with Gasteiger partial charge in [-0.3, -0.25) is 4.99 Å². The average Bonchev–Trinajstić information content (AvgIpc) is 2.57. The van der Waals surface area contributed by atoms with Crippen LogP contribution in [0.5, 0.6) is 0 Å². The lowest BCUT2D eigenvalue weighted by molar-refractivity contribution is 0.809. The molecule has 0 aliphatic carbocycles. The molecule has 2 aromatic carbocycles. The summed E-state index contributed by atoms with van der Waals surface area (Å²) >= 11 is 0. The predicted octanol–water partition coefficient (Wildman–Crippen LogP) is 2.73. The summed E-state index contributed by atoms with van der Waals surface area (Å²) in [6.07, 6.45) is 0. The standard InChI is InChI=1S/C18H20N4/c1-14-3-5-16(6-4-14)12-21-18(20-2)22-13-17-9-7-15(11-19)8-10-17/h3-10H,12-13H2,1-2H3,(H2,20,21,22). The van der Waals surface area contributed by atoms with Crippen LogP contribution in [-0.4, -0.2) is 13.0 Å². The summed E-state index contributed by atoms with van der Waals surface area (Å²) in [7, 11) is 1.75. The molecular weight excluding hydrogens is 272 g/mol. The van der Waals surface area contributed by atoms with Gasteiger partial charge in [-0.2, -0.15) is 5.26 Å². The predicted molar refractivity (Wildman–Crippen MR) is 89.4 cm³/mol. The molecule has 0 fully saturated rings. The van der Waals surface area contributed by atoms with E-state index in [2.05, 4.69) is 52.9 Å². The van der Waals surface area contributed by atoms with Gasteiger partial charge in [0.1, 0.15) is 0 Å². The van der Waals surface area contributed by atoms with Crippen LogP contribution in [0.15, 0.2) is 53.5 Å². The molecule has 0 saturated carbocycles. The van der Waals surface area contributed by atoms with E-state index in [1.807, 2.05) is 24.3 Å². The smallest absolute Gasteiger partial charge is 0.191 e. The van der Waals surface area contributed by atoms with E-state index in [0.29, 0.717) is 12.1 Å². The number of aliphatic imine (C=N–C) groups is 1. The minimum Gasteiger partial charge on any atom is -0.352 e. The molecular formula is C18H20N4. The Kier molecular flexibility index (Phi) is 5.56. The highest BCUT2D eigenvalue weighted by Crippen LogP contribution is 2.04. The van der Waals surface area contributed by atoms with Crippen LogP contribution in [0.2, 0.25) is 0 Å². The second-order valence-electron chi connectivity index (χ2n) is 5.07. The van der Waals surface area contributed by atoms with Crippen LogP contribution in [0.1, 0.15) is 22.3 Å². The molecule has 0 saturated heterocycles. The molecule has 0 aliphatic heterocycles. The SMILES string of the molecule is CN=C(NCc1ccc(C)cc1)NCc1ccc(C#N)cc1. The Morgan fingerprint density at radius 2 is 1.45 bits per heavy atom. The quantitative estimate of drug-likeness (QED) is 0.673. The molecule has 0 aromatic heterocycles. The zero-order valence-electron chi connectivity index (χ0n) is 12.9. The van der Waals surface area contributed by atoms with Crippen LogP contribution in [0.25, 0.3) is 0 Å². The van der Waals surface area contributed by atoms with E-state index in [1.165, 1.54) is 11.1 Å². The summed E-state index contributed by atoms with van der Waals surface area (Å²) < 4.78 is 0. The fraction of sp³-hybridized carbons (Fsp3) is 0.222. The molecule has 0 amide bonds. The van der Waals surface area contributed by atoms with E-state index in [0.717, 1.165) is 18.1 Å². The van der Waals surface area contributed by atoms with Crippen molar-refractivity contribution in [1.29, 1.82) is 5.26 Å². The summed E-state index contributed by atoms with van der Waals surface area (Å²) in [4.78, 5) is 4.21. The van der Waals surface area contributed by atoms with Crippen LogP contribution in [0.3, 0.4) is 0 Å². The zero-order valence-corrected chi connectivity index (χ0v) is 12.9. The normalized spacial score (nSPS) is 10.9. The van der Waals surface area contributed by atoms with Crippen molar-refractivity contribution in [3.63, 3.8) is 0 Å². The van der Waals surface area contributed by atoms with E-state index in [1.54, 1.807) is 7.05 Å². The Hall–Kier alpha value is -2.80. The third-order valence-electron chi connectivity index (χ3n) is 3.35. The molecule has 22 heavy (non-hydrogen) atoms. The topological polar surface area (TPSA) is 60.2 Å². The van der Waals surface area contributed by atoms with E-state index >= 15 is 0 Å². The maximum absolute atomic E-state index is 8.79. The third-order valence-corrected chi connectivity index (χ3v) is 3.35. The highest BCUT2D eigenvalue weighted by molar-refractivity contribution is 5.79. The van der Waals surface area contributed by atoms with Gasteiger partial charge in [-0.1, -0.05) is 42.0 Å². The highest BCUT2D eigenvalue weighted by atomic mass is 15.2. The van der Waals surface area contributed by atoms with E-state index in [4.69, 9.17) is 5.26 Å². The first kappa shape index (κ1) is 15.6. The second kappa shape index (κ2) is 7.84. The van der Waals surface area contributed by atoms with Gasteiger partial charge in [-0.15, -0.1) is 0 Å². The number of nitrogens with zero attached hydrogens (tertiary/aromatic N) is 2. The third kappa shape index (κ3) is 4.64. The molecule has 0 aliphatic rings. The lowest BCUT2D eigenvalue weighted by Crippen LogP contribution is -2.36. The lowest BCUT2D eigenvalue weighted by atomic mass is 10.1. The molecule has 4 nitrogen and oxygen atoms in total. The molecule has 0 heterocycles. The van der Waals surface area contributed by atoms with Gasteiger partial charge in [0, 0.05) is 20.1 Å². The number of hydrogen-bond acceptors (Lipinski definition) is 2. The molecule has 0 unspecified atom stereocenters. The molecule has 2 aromatic rings. The largest absolute Gasteiger partial charge is 0.352 e. The summed E-state index contributed by atoms with van der Waals surface area (Å²) in [5.41, 5.74) is 4.25. The number of aryl methyl sites for hydroxylation is 1. The first-order valence-electron chi connectivity index (χ1n) is 7.20. The summed E-state index contributed by atoms with van der Waals surface area (Å²) in [5, 5.41) is 15.3. The van der Waals surface area contributed by atoms with Gasteiger partial charge in [0.25, 0.3) is 0 Å². The number of rotatable bonds is 4. The Morgan fingerprint density at radius 3 is 1.91 bits per heavy atom. The summed E-state index contributed by atoms with van der Waals surface area (Å²) in [6.45, 7) is 3.47. The summed E-state index contributed by atoms with van der Waals surface area (Å²) in [5.74, 6) is 0.755. The minimum atomic E-state index is 0.666. The molecule has 2 N–H and O–H groups in total. The molecule has 2 rings (SSSR count). The molecule has 4 heteroatoms. The number of guanidine groups is 1. The fourth-order valence-electron chi connectivity index (χ4n) is 2.00. The van der Waals surface area contributed by atoms with E-state index < -0.39 is 0 Å². The molecule has 0 radical (unpaired) electrons. The van der Waals surface area contributed by atoms with Gasteiger partial charge in [0.2, 0.25) is 0 Å². The van der Waals surface area contributed by atoms with Crippen molar-refractivity contribution in [3.8, 4) is 6.07 Å². The first-order valence-corrected chi connectivity index (χ1v) is 7.20. The fourth-order valence-corrected chi connectivity index (χ4v) is 2.00. The van der Waals surface area contributed by atoms with Crippen molar-refractivity contribution < 1.29 is 0 Å². The van der Waals surface area contributed by atoms with Crippen LogP contribution >= 0.6 is 0 Å². The number of nitriles is 1. The van der Waals surface area contributed by atoms with Crippen molar-refractivity contribution in [3.05, 3.63) is 70.8 Å². The highest BCUT2D eigenvalue weighted by Gasteiger charge is 1.99. The van der Waals surface area contributed by atoms with E-state index in [-0.39, 0.29) is 0 Å². The van der Waals surface area contributed by atoms with Crippen LogP contribution < -0.4 is 10.6 Å². The van der Waals surface area contributed by atoms with Crippen LogP contribution in [0, 0.1) is 18.3 Å². The number of hydrogen-bond donors (Lipinski definition) is 2. The van der Waals surface area contributed by atoms with E-state index in [9.17, 15) is 0 Å². The van der Waals surface area contributed by atoms with Crippen molar-refractivity contribution >= 4 is 5.96 Å². The molecule has 0 atom stereocenters. The second-order valence-corrected chi connectivity index (χ2v) is 5.07. The maximum atomic E-state index is 8.79. The van der Waals surface area contributed by atoms with Crippen molar-refractivity contribution in [1.82, 2.24) is 10.6 Å². The molecule has 0 spiro atoms. The van der Waals surface area contributed by atoms with Crippen LogP contribution in [0.4, 0.5) is 0 Å². The summed E-state index contributed by atoms with van der Waals surface area (Å²) in [6, 6.07) is 18.1. The Bertz CT molecular complexity index is 664. The lowest BCUT2D eigenvalue weighted by Gasteiger charge is -2.12. The van der Waals surface area contributed by atoms with Crippen molar-refractivity contribution in [2.24, 2.45) is 4.99 Å². The van der Waals surface area contributed by atoms with Gasteiger partial charge in [0.15, 0.2) is 5.96 Å². The maximum Gasteiger partial charge on any atom is 0.191 e. The number of benzene rings is 2. The molecule has 112 valence electrons. The van der Waals surface area contributed by atoms with Gasteiger partial charge in [-0.05, 0) is 30.2 Å². The van der Waals surface area contributed by atoms with Crippen LogP contribution in [-0.2, 0) is 13.1 Å². The zero-order chi connectivity index (χ0) is 15.8. The van der Waals surface area contributed by atoms with Gasteiger partial charge in [0.05, 0.1) is 11.6 Å². The minimum absolute atomic E-state index is 0.666. The average molecular weight is 292 g/mol. The Labute approximate surface area is 131 Å². The van der Waals surface area contributed by atoms with Crippen molar-refractivity contribution in [2.75, 3.05) is 7.05 Å². The van der Waals surface area contributed by atoms with Gasteiger partial charge in [-0.25, -0.2) is 0 Å². The van der Waals surface area contributed by atoms with Gasteiger partial charge >= 0.3 is 0 Å².